The number of phenols is 4. The molecule has 0 spiro atoms. The molecule has 3 aromatic rings. The van der Waals surface area contributed by atoms with E-state index >= 15 is 0 Å². The molecule has 14 nitrogen and oxygen atoms in total. The van der Waals surface area contributed by atoms with Crippen LogP contribution in [0.4, 0.5) is 0 Å². The molecule has 0 fully saturated rings. The third-order valence-electron chi connectivity index (χ3n) is 6.45. The number of ether oxygens (including phenoxy) is 2. The van der Waals surface area contributed by atoms with Crippen LogP contribution >= 0.6 is 0 Å². The topological polar surface area (TPSA) is 186 Å². The summed E-state index contributed by atoms with van der Waals surface area (Å²) in [5, 5.41) is 57.0. The lowest BCUT2D eigenvalue weighted by atomic mass is 10.0. The fourth-order valence-electron chi connectivity index (χ4n) is 4.12. The van der Waals surface area contributed by atoms with Gasteiger partial charge in [-0.2, -0.15) is 0 Å². The number of hydrogen-bond acceptors (Lipinski definition) is 14. The fourth-order valence-corrected chi connectivity index (χ4v) is 4.12. The van der Waals surface area contributed by atoms with Gasteiger partial charge in [-0.1, -0.05) is 32.8 Å². The predicted molar refractivity (Wildman–Crippen MR) is 170 cm³/mol. The number of hydrogen-bond donors (Lipinski definition) is 4. The van der Waals surface area contributed by atoms with Crippen LogP contribution in [0.3, 0.4) is 0 Å². The van der Waals surface area contributed by atoms with E-state index in [-0.39, 0.29) is 60.6 Å². The van der Waals surface area contributed by atoms with Crippen LogP contribution in [-0.4, -0.2) is 85.9 Å². The number of allylic oxidation sites excluding steroid dienone is 2. The molecule has 46 heavy (non-hydrogen) atoms. The average molecular weight is 635 g/mol. The first-order valence-corrected chi connectivity index (χ1v) is 14.0. The molecule has 14 heteroatoms. The molecule has 0 aromatic heterocycles. The minimum absolute atomic E-state index is 0.0340. The van der Waals surface area contributed by atoms with E-state index in [1.54, 1.807) is 24.3 Å². The summed E-state index contributed by atoms with van der Waals surface area (Å²) in [5.74, 6) is -0.454. The molecule has 0 unspecified atom stereocenters. The summed E-state index contributed by atoms with van der Waals surface area (Å²) in [7, 11) is 2.92. The Balaban J connectivity index is 1.54. The van der Waals surface area contributed by atoms with E-state index in [1.165, 1.54) is 51.2 Å². The van der Waals surface area contributed by atoms with E-state index in [2.05, 4.69) is 20.6 Å². The standard InChI is InChI=1S/C32H34N4O10/c1-41-27-15-21-5-3-4-6-22-14-26(30(38)28(16-22)42-2)20-36-46-12-10-44-34-18-24-8-7-23(31(39)32(24)40)17-33-43-9-11-45-35-19-25(13-21)29(27)37/h3-4,7-8,13-20,37-40H,5-6,9-12H2,1-2H3/b4-3-,33-17-,34-18?,35-19?,36-20?. The second-order valence-corrected chi connectivity index (χ2v) is 9.56. The zero-order valence-electron chi connectivity index (χ0n) is 25.2. The molecular weight excluding hydrogens is 600 g/mol. The first kappa shape index (κ1) is 33.0. The minimum atomic E-state index is -0.425. The Kier molecular flexibility index (Phi) is 12.0. The molecule has 0 saturated heterocycles. The second kappa shape index (κ2) is 16.8. The van der Waals surface area contributed by atoms with Crippen molar-refractivity contribution in [2.24, 2.45) is 20.6 Å². The Morgan fingerprint density at radius 1 is 0.500 bits per heavy atom. The quantitative estimate of drug-likeness (QED) is 0.237. The summed E-state index contributed by atoms with van der Waals surface area (Å²) < 4.78 is 10.6. The number of rotatable bonds is 2. The van der Waals surface area contributed by atoms with Crippen LogP contribution in [-0.2, 0) is 32.2 Å². The summed E-state index contributed by atoms with van der Waals surface area (Å²) in [4.78, 5) is 20.7. The summed E-state index contributed by atoms with van der Waals surface area (Å²) in [6.07, 6.45) is 10.2. The number of nitrogens with zero attached hydrogens (tertiary/aromatic N) is 4. The molecule has 2 aliphatic heterocycles. The average Bonchev–Trinajstić information content (AvgIpc) is 3.06. The SMILES string of the molecule is COc1cc2cc(c1O)C=NOCCON=Cc1ccc(c(O)c1O)/C=N\OCCON=Cc1cc(cc(OC)c1O)C/C=C\C2. The highest BCUT2D eigenvalue weighted by molar-refractivity contribution is 5.91. The Morgan fingerprint density at radius 3 is 1.20 bits per heavy atom. The molecule has 0 atom stereocenters. The smallest absolute Gasteiger partial charge is 0.167 e. The summed E-state index contributed by atoms with van der Waals surface area (Å²) in [6.45, 7) is 0.154. The van der Waals surface area contributed by atoms with Crippen LogP contribution in [0.15, 0.2) is 69.2 Å². The zero-order chi connectivity index (χ0) is 32.7. The van der Waals surface area contributed by atoms with Gasteiger partial charge in [0.25, 0.3) is 0 Å². The Bertz CT molecular complexity index is 1520. The van der Waals surface area contributed by atoms with E-state index in [4.69, 9.17) is 28.8 Å². The molecule has 242 valence electrons. The van der Waals surface area contributed by atoms with Gasteiger partial charge < -0.3 is 49.3 Å². The maximum atomic E-state index is 10.5. The number of benzene rings is 3. The largest absolute Gasteiger partial charge is 0.504 e. The van der Waals surface area contributed by atoms with Crippen LogP contribution in [0.5, 0.6) is 34.5 Å². The third kappa shape index (κ3) is 9.05. The van der Waals surface area contributed by atoms with Crippen molar-refractivity contribution in [2.45, 2.75) is 12.8 Å². The van der Waals surface area contributed by atoms with Crippen LogP contribution in [0.1, 0.15) is 33.4 Å². The predicted octanol–water partition coefficient (Wildman–Crippen LogP) is 3.98. The molecule has 2 aliphatic rings. The van der Waals surface area contributed by atoms with Gasteiger partial charge in [0.1, 0.15) is 0 Å². The van der Waals surface area contributed by atoms with E-state index in [9.17, 15) is 20.4 Å². The van der Waals surface area contributed by atoms with Gasteiger partial charge in [0.15, 0.2) is 60.9 Å². The number of methoxy groups -OCH3 is 2. The molecule has 0 aliphatic carbocycles. The molecule has 5 rings (SSSR count). The first-order chi connectivity index (χ1) is 22.4. The molecular formula is C32H34N4O10. The summed E-state index contributed by atoms with van der Waals surface area (Å²) in [5.41, 5.74) is 2.91. The van der Waals surface area contributed by atoms with Gasteiger partial charge in [0, 0.05) is 22.3 Å². The lowest BCUT2D eigenvalue weighted by Crippen LogP contribution is -1.99. The van der Waals surface area contributed by atoms with Crippen LogP contribution in [0.25, 0.3) is 0 Å². The van der Waals surface area contributed by atoms with Gasteiger partial charge in [-0.25, -0.2) is 0 Å². The van der Waals surface area contributed by atoms with Crippen molar-refractivity contribution in [3.63, 3.8) is 0 Å². The van der Waals surface area contributed by atoms with Crippen LogP contribution in [0.2, 0.25) is 0 Å². The van der Waals surface area contributed by atoms with Gasteiger partial charge in [-0.15, -0.1) is 0 Å². The maximum absolute atomic E-state index is 10.5. The van der Waals surface area contributed by atoms with Gasteiger partial charge in [-0.05, 0) is 60.4 Å². The minimum Gasteiger partial charge on any atom is -0.504 e. The van der Waals surface area contributed by atoms with Crippen LogP contribution in [0, 0.1) is 0 Å². The van der Waals surface area contributed by atoms with Crippen molar-refractivity contribution in [1.29, 1.82) is 0 Å². The highest BCUT2D eigenvalue weighted by Gasteiger charge is 2.12. The van der Waals surface area contributed by atoms with Crippen LogP contribution < -0.4 is 9.47 Å². The van der Waals surface area contributed by atoms with Crippen molar-refractivity contribution in [2.75, 3.05) is 40.6 Å². The highest BCUT2D eigenvalue weighted by atomic mass is 16.7. The lowest BCUT2D eigenvalue weighted by Gasteiger charge is -2.09. The van der Waals surface area contributed by atoms with Crippen molar-refractivity contribution < 1.29 is 49.3 Å². The molecule has 0 radical (unpaired) electrons. The zero-order valence-corrected chi connectivity index (χ0v) is 25.2. The number of phenolic OH excluding ortho intramolecular Hbond substituents is 4. The molecule has 2 heterocycles. The van der Waals surface area contributed by atoms with E-state index in [1.807, 2.05) is 12.2 Å². The highest BCUT2D eigenvalue weighted by Crippen LogP contribution is 2.33. The molecule has 0 amide bonds. The Morgan fingerprint density at radius 2 is 0.848 bits per heavy atom. The van der Waals surface area contributed by atoms with Gasteiger partial charge in [0.2, 0.25) is 0 Å². The van der Waals surface area contributed by atoms with Crippen molar-refractivity contribution in [3.05, 3.63) is 81.9 Å². The third-order valence-corrected chi connectivity index (χ3v) is 6.45. The first-order valence-electron chi connectivity index (χ1n) is 14.0. The monoisotopic (exact) mass is 634 g/mol. The molecule has 0 saturated carbocycles. The van der Waals surface area contributed by atoms with E-state index < -0.39 is 11.5 Å². The van der Waals surface area contributed by atoms with Gasteiger partial charge in [0.05, 0.1) is 39.1 Å². The normalized spacial score (nSPS) is 15.8. The molecule has 6 bridgehead atoms. The van der Waals surface area contributed by atoms with E-state index in [0.29, 0.717) is 24.0 Å². The van der Waals surface area contributed by atoms with Gasteiger partial charge >= 0.3 is 0 Å². The van der Waals surface area contributed by atoms with Crippen molar-refractivity contribution >= 4 is 24.9 Å². The van der Waals surface area contributed by atoms with Crippen molar-refractivity contribution in [1.82, 2.24) is 0 Å². The number of oxime groups is 4. The number of fused-ring (bicyclic) bond motifs is 14. The molecule has 4 N–H and O–H groups in total. The van der Waals surface area contributed by atoms with Gasteiger partial charge in [-0.3, -0.25) is 0 Å². The maximum Gasteiger partial charge on any atom is 0.167 e. The number of aromatic hydroxyl groups is 4. The molecule has 3 aromatic carbocycles. The van der Waals surface area contributed by atoms with Crippen molar-refractivity contribution in [3.8, 4) is 34.5 Å². The Labute approximate surface area is 264 Å². The summed E-state index contributed by atoms with van der Waals surface area (Å²) >= 11 is 0. The van der Waals surface area contributed by atoms with E-state index in [0.717, 1.165) is 11.1 Å². The second-order valence-electron chi connectivity index (χ2n) is 9.56. The lowest BCUT2D eigenvalue weighted by molar-refractivity contribution is 0.0552. The fraction of sp³-hybridized carbons (Fsp3) is 0.250. The summed E-state index contributed by atoms with van der Waals surface area (Å²) in [6, 6.07) is 9.99. The Hall–Kier alpha value is -5.92.